The van der Waals surface area contributed by atoms with Gasteiger partial charge in [-0.1, -0.05) is 38.5 Å². The molecule has 0 bridgehead atoms. The standard InChI is InChI=1S/C49H59IN8O8/c1-8-24(2)41(55-49(62)66-50)46(59)58-26(4)10-16-39(58)45-52-36-14-12-29-20-35-33-13-11-30(19-32(33)23-64-40(35)21-34(29)43(36)54-45)37-22-51-44(53-37)38-15-9-25(3)57(38)47(60)42(56-48(61)63-7)31-17-27(5)65-28(6)18-31/h11-14,19-22,24-28,31,38-39,41-42H,8-10,15-18,23H2,1-7H3,(H,51,53)(H,52,54)(H,55,62)(H,56,61)/t24-,25-,26-,27+,28+,38-,39-,41-,42-/m0/s1. The largest absolute Gasteiger partial charge is 0.488 e. The third-order valence-electron chi connectivity index (χ3n) is 14.5. The van der Waals surface area contributed by atoms with Gasteiger partial charge in [0.05, 0.1) is 54.3 Å². The van der Waals surface area contributed by atoms with Crippen LogP contribution in [0.2, 0.25) is 0 Å². The number of fused-ring (bicyclic) bond motifs is 6. The molecular formula is C49H59IN8O8. The first kappa shape index (κ1) is 45.7. The van der Waals surface area contributed by atoms with E-state index >= 15 is 0 Å². The van der Waals surface area contributed by atoms with Crippen LogP contribution >= 0.6 is 23.0 Å². The van der Waals surface area contributed by atoms with Crippen LogP contribution in [0, 0.1) is 11.8 Å². The van der Waals surface area contributed by atoms with Gasteiger partial charge in [-0.2, -0.15) is 0 Å². The average molecular weight is 1010 g/mol. The molecule has 0 spiro atoms. The van der Waals surface area contributed by atoms with Crippen LogP contribution in [0.4, 0.5) is 9.59 Å². The normalized spacial score (nSPS) is 25.1. The van der Waals surface area contributed by atoms with Crippen molar-refractivity contribution in [3.8, 4) is 28.1 Å². The number of hydrogen-bond donors (Lipinski definition) is 4. The topological polar surface area (TPSA) is 193 Å². The lowest BCUT2D eigenvalue weighted by Crippen LogP contribution is -2.55. The first-order chi connectivity index (χ1) is 31.8. The minimum absolute atomic E-state index is 0.0308. The molecule has 66 heavy (non-hydrogen) atoms. The number of carbonyl (C=O) groups is 4. The van der Waals surface area contributed by atoms with E-state index in [1.165, 1.54) is 30.1 Å². The van der Waals surface area contributed by atoms with Crippen LogP contribution in [0.3, 0.4) is 0 Å². The number of ether oxygens (including phenoxy) is 3. The van der Waals surface area contributed by atoms with Crippen LogP contribution in [-0.4, -0.2) is 97.2 Å². The molecule has 4 N–H and O–H groups in total. The summed E-state index contributed by atoms with van der Waals surface area (Å²) in [7, 11) is 1.32. The quantitative estimate of drug-likeness (QED) is 0.0981. The van der Waals surface area contributed by atoms with E-state index in [2.05, 4.69) is 63.9 Å². The number of halogens is 1. The Hall–Kier alpha value is -5.43. The van der Waals surface area contributed by atoms with E-state index in [4.69, 9.17) is 27.2 Å². The monoisotopic (exact) mass is 1010 g/mol. The van der Waals surface area contributed by atoms with Gasteiger partial charge in [0.1, 0.15) is 36.1 Å². The third-order valence-corrected chi connectivity index (χ3v) is 14.9. The smallest absolute Gasteiger partial charge is 0.417 e. The number of alkyl carbamates (subject to hydrolysis) is 1. The summed E-state index contributed by atoms with van der Waals surface area (Å²) in [5.41, 5.74) is 6.58. The zero-order valence-electron chi connectivity index (χ0n) is 38.5. The molecule has 3 saturated heterocycles. The van der Waals surface area contributed by atoms with E-state index in [0.717, 1.165) is 81.2 Å². The van der Waals surface area contributed by atoms with E-state index in [-0.39, 0.29) is 60.0 Å². The van der Waals surface area contributed by atoms with Gasteiger partial charge < -0.3 is 47.7 Å². The van der Waals surface area contributed by atoms with Crippen molar-refractivity contribution in [3.05, 3.63) is 65.9 Å². The minimum Gasteiger partial charge on any atom is -0.488 e. The summed E-state index contributed by atoms with van der Waals surface area (Å²) in [6, 6.07) is 12.6. The molecule has 3 fully saturated rings. The minimum atomic E-state index is -0.748. The zero-order valence-corrected chi connectivity index (χ0v) is 40.6. The number of methoxy groups -OCH3 is 1. The molecule has 4 aliphatic heterocycles. The van der Waals surface area contributed by atoms with Crippen molar-refractivity contribution in [1.29, 1.82) is 0 Å². The van der Waals surface area contributed by atoms with Crippen LogP contribution in [0.15, 0.2) is 48.7 Å². The van der Waals surface area contributed by atoms with Crippen molar-refractivity contribution in [2.75, 3.05) is 7.11 Å². The average Bonchev–Trinajstić information content (AvgIpc) is 4.14. The molecule has 0 saturated carbocycles. The number of benzene rings is 3. The molecule has 9 atom stereocenters. The maximum absolute atomic E-state index is 14.5. The summed E-state index contributed by atoms with van der Waals surface area (Å²) in [5, 5.41) is 7.63. The van der Waals surface area contributed by atoms with Crippen LogP contribution in [0.5, 0.6) is 5.75 Å². The van der Waals surface area contributed by atoms with E-state index < -0.39 is 24.3 Å². The molecule has 4 aliphatic rings. The highest BCUT2D eigenvalue weighted by Crippen LogP contribution is 2.44. The lowest BCUT2D eigenvalue weighted by atomic mass is 9.85. The predicted octanol–water partition coefficient (Wildman–Crippen LogP) is 9.19. The van der Waals surface area contributed by atoms with Gasteiger partial charge in [0, 0.05) is 23.0 Å². The maximum atomic E-state index is 14.5. The van der Waals surface area contributed by atoms with Crippen molar-refractivity contribution < 1.29 is 36.5 Å². The van der Waals surface area contributed by atoms with Crippen molar-refractivity contribution in [3.63, 3.8) is 0 Å². The van der Waals surface area contributed by atoms with Gasteiger partial charge in [0.2, 0.25) is 11.8 Å². The Labute approximate surface area is 398 Å². The van der Waals surface area contributed by atoms with Gasteiger partial charge in [0.15, 0.2) is 23.0 Å². The first-order valence-corrected chi connectivity index (χ1v) is 24.2. The third kappa shape index (κ3) is 8.56. The number of carbonyl (C=O) groups excluding carboxylic acids is 4. The van der Waals surface area contributed by atoms with Gasteiger partial charge >= 0.3 is 12.2 Å². The molecule has 0 radical (unpaired) electrons. The summed E-state index contributed by atoms with van der Waals surface area (Å²) in [4.78, 5) is 74.4. The molecule has 2 aromatic heterocycles. The van der Waals surface area contributed by atoms with E-state index in [1.54, 1.807) is 0 Å². The van der Waals surface area contributed by atoms with Crippen molar-refractivity contribution in [2.24, 2.45) is 11.8 Å². The van der Waals surface area contributed by atoms with Crippen LogP contribution in [0.25, 0.3) is 44.2 Å². The number of H-pyrrole nitrogens is 2. The summed E-state index contributed by atoms with van der Waals surface area (Å²) in [6.45, 7) is 12.5. The molecule has 16 nitrogen and oxygen atoms in total. The Balaban J connectivity index is 0.958. The summed E-state index contributed by atoms with van der Waals surface area (Å²) in [6.07, 6.45) is 5.64. The number of imidazole rings is 2. The first-order valence-electron chi connectivity index (χ1n) is 23.3. The Kier molecular flexibility index (Phi) is 12.9. The second-order valence-electron chi connectivity index (χ2n) is 18.8. The summed E-state index contributed by atoms with van der Waals surface area (Å²) in [5.74, 6) is 1.73. The Morgan fingerprint density at radius 2 is 1.58 bits per heavy atom. The van der Waals surface area contributed by atoms with Gasteiger partial charge in [-0.05, 0) is 124 Å². The predicted molar refractivity (Wildman–Crippen MR) is 256 cm³/mol. The molecule has 0 unspecified atom stereocenters. The number of hydrogen-bond acceptors (Lipinski definition) is 10. The maximum Gasteiger partial charge on any atom is 0.417 e. The summed E-state index contributed by atoms with van der Waals surface area (Å²) < 4.78 is 22.3. The molecule has 350 valence electrons. The van der Waals surface area contributed by atoms with Gasteiger partial charge in [-0.3, -0.25) is 9.59 Å². The van der Waals surface area contributed by atoms with Crippen molar-refractivity contribution in [2.45, 2.75) is 142 Å². The van der Waals surface area contributed by atoms with E-state index in [1.807, 2.05) is 56.7 Å². The van der Waals surface area contributed by atoms with Crippen LogP contribution < -0.4 is 15.4 Å². The Morgan fingerprint density at radius 3 is 2.27 bits per heavy atom. The van der Waals surface area contributed by atoms with Crippen molar-refractivity contribution >= 4 is 68.8 Å². The second kappa shape index (κ2) is 18.7. The molecule has 17 heteroatoms. The van der Waals surface area contributed by atoms with E-state index in [9.17, 15) is 19.2 Å². The second-order valence-corrected chi connectivity index (χ2v) is 19.3. The van der Waals surface area contributed by atoms with Crippen LogP contribution in [0.1, 0.15) is 116 Å². The molecule has 3 aromatic carbocycles. The zero-order chi connectivity index (χ0) is 46.6. The fourth-order valence-corrected chi connectivity index (χ4v) is 11.1. The number of nitrogens with zero attached hydrogens (tertiary/aromatic N) is 4. The highest BCUT2D eigenvalue weighted by Gasteiger charge is 2.45. The molecule has 4 amide bonds. The Morgan fingerprint density at radius 1 is 0.864 bits per heavy atom. The van der Waals surface area contributed by atoms with Gasteiger partial charge in [0.25, 0.3) is 0 Å². The van der Waals surface area contributed by atoms with Gasteiger partial charge in [-0.25, -0.2) is 19.6 Å². The summed E-state index contributed by atoms with van der Waals surface area (Å²) >= 11 is 1.53. The van der Waals surface area contributed by atoms with Gasteiger partial charge in [-0.15, -0.1) is 0 Å². The lowest BCUT2D eigenvalue weighted by molar-refractivity contribution is -0.140. The molecule has 0 aliphatic carbocycles. The number of nitrogens with one attached hydrogen (secondary N) is 4. The number of rotatable bonds is 10. The van der Waals surface area contributed by atoms with Crippen molar-refractivity contribution in [1.82, 2.24) is 40.4 Å². The van der Waals surface area contributed by atoms with E-state index in [0.29, 0.717) is 37.5 Å². The molecular weight excluding hydrogens is 955 g/mol. The fraction of sp³-hybridized carbons (Fsp3) is 0.510. The fourth-order valence-electron chi connectivity index (χ4n) is 11.0. The number of aromatic amines is 2. The Bertz CT molecular complexity index is 2660. The number of amides is 4. The molecule has 6 heterocycles. The lowest BCUT2D eigenvalue weighted by Gasteiger charge is -2.39. The number of aromatic nitrogens is 4. The SMILES string of the molecule is CC[C@H](C)[C@H](NC(=O)OI)C(=O)N1[C@@H](C)CC[C@H]1c1nc2c(ccc3cc4c(cc32)OCc2cc(-c3cnc([C@@H]5CC[C@H](C)N5C(=O)[C@@H](NC(=O)OC)C5C[C@@H](C)O[C@H](C)C5)[nH]3)ccc2-4)[nH]1. The molecule has 5 aromatic rings. The number of likely N-dealkylation sites (tertiary alicyclic amines) is 2. The van der Waals surface area contributed by atoms with Crippen LogP contribution in [-0.2, 0) is 28.7 Å². The highest BCUT2D eigenvalue weighted by molar-refractivity contribution is 14.1. The highest BCUT2D eigenvalue weighted by atomic mass is 127. The molecule has 9 rings (SSSR count).